The summed E-state index contributed by atoms with van der Waals surface area (Å²) in [6.45, 7) is 6.66. The number of carboxylic acids is 1. The number of halogens is 4. The van der Waals surface area contributed by atoms with Crippen molar-refractivity contribution in [3.8, 4) is 5.75 Å². The molecule has 1 N–H and O–H groups in total. The Bertz CT molecular complexity index is 1210. The van der Waals surface area contributed by atoms with E-state index in [2.05, 4.69) is 28.6 Å². The van der Waals surface area contributed by atoms with Gasteiger partial charge in [0.2, 0.25) is 0 Å². The molecule has 11 heteroatoms. The topological polar surface area (TPSA) is 65.9 Å². The molecule has 0 spiro atoms. The zero-order valence-corrected chi connectivity index (χ0v) is 20.8. The Labute approximate surface area is 209 Å². The molecule has 2 atom stereocenters. The van der Waals surface area contributed by atoms with Crippen molar-refractivity contribution in [2.45, 2.75) is 38.5 Å². The average molecular weight is 528 g/mol. The summed E-state index contributed by atoms with van der Waals surface area (Å²) >= 11 is 7.47. The summed E-state index contributed by atoms with van der Waals surface area (Å²) in [4.78, 5) is 20.0. The molecule has 0 aliphatic carbocycles. The molecule has 2 heterocycles. The first-order valence-corrected chi connectivity index (χ1v) is 12.3. The predicted molar refractivity (Wildman–Crippen MR) is 131 cm³/mol. The van der Waals surface area contributed by atoms with E-state index in [1.165, 1.54) is 17.4 Å². The Kier molecular flexibility index (Phi) is 7.44. The molecular formula is C24H25ClF3N3O3S. The zero-order chi connectivity index (χ0) is 25.3. The number of anilines is 1. The van der Waals surface area contributed by atoms with Crippen LogP contribution >= 0.6 is 22.9 Å². The number of nitrogens with zero attached hydrogens (tertiary/aromatic N) is 3. The highest BCUT2D eigenvalue weighted by molar-refractivity contribution is 7.22. The summed E-state index contributed by atoms with van der Waals surface area (Å²) in [5.74, 6) is -0.467. The number of alkyl halides is 3. The molecule has 1 aliphatic heterocycles. The Balaban J connectivity index is 1.38. The number of aliphatic carboxylic acids is 1. The second kappa shape index (κ2) is 10.2. The van der Waals surface area contributed by atoms with E-state index in [1.807, 2.05) is 0 Å². The van der Waals surface area contributed by atoms with Crippen molar-refractivity contribution in [1.82, 2.24) is 9.88 Å². The van der Waals surface area contributed by atoms with Crippen molar-refractivity contribution in [3.63, 3.8) is 0 Å². The number of benzene rings is 2. The van der Waals surface area contributed by atoms with E-state index in [0.29, 0.717) is 39.7 Å². The molecule has 0 bridgehead atoms. The van der Waals surface area contributed by atoms with Gasteiger partial charge in [-0.05, 0) is 49.7 Å². The molecule has 2 unspecified atom stereocenters. The van der Waals surface area contributed by atoms with Gasteiger partial charge in [0.15, 0.2) is 5.13 Å². The maximum absolute atomic E-state index is 13.1. The lowest BCUT2D eigenvalue weighted by molar-refractivity contribution is -0.138. The monoisotopic (exact) mass is 527 g/mol. The maximum Gasteiger partial charge on any atom is 0.416 e. The fraction of sp³-hybridized carbons (Fsp3) is 0.417. The zero-order valence-electron chi connectivity index (χ0n) is 19.2. The van der Waals surface area contributed by atoms with Gasteiger partial charge in [0, 0.05) is 31.7 Å². The minimum Gasteiger partial charge on any atom is -0.491 e. The minimum absolute atomic E-state index is 0.101. The number of carboxylic acid groups (broad SMARTS) is 1. The van der Waals surface area contributed by atoms with E-state index in [-0.39, 0.29) is 18.5 Å². The van der Waals surface area contributed by atoms with Gasteiger partial charge in [0.05, 0.1) is 27.2 Å². The number of rotatable bonds is 7. The van der Waals surface area contributed by atoms with Crippen LogP contribution in [0.5, 0.6) is 5.75 Å². The number of fused-ring (bicyclic) bond motifs is 1. The summed E-state index contributed by atoms with van der Waals surface area (Å²) in [5, 5.41) is 10.1. The van der Waals surface area contributed by atoms with Gasteiger partial charge in [-0.15, -0.1) is 0 Å². The first-order chi connectivity index (χ1) is 16.5. The first kappa shape index (κ1) is 25.5. The number of aromatic nitrogens is 1. The predicted octanol–water partition coefficient (Wildman–Crippen LogP) is 5.57. The van der Waals surface area contributed by atoms with Crippen LogP contribution in [-0.4, -0.2) is 59.3 Å². The lowest BCUT2D eigenvalue weighted by atomic mass is 10.1. The SMILES string of the molecule is CC1CN(CCOc2cc(CC(=O)O)ccc2Cl)CC(C)N1c1nc2ccc(C(F)(F)F)cc2s1. The van der Waals surface area contributed by atoms with E-state index in [9.17, 15) is 18.0 Å². The van der Waals surface area contributed by atoms with E-state index in [0.717, 1.165) is 30.4 Å². The Morgan fingerprint density at radius 1 is 1.20 bits per heavy atom. The van der Waals surface area contributed by atoms with Crippen LogP contribution in [0.15, 0.2) is 36.4 Å². The molecule has 1 aliphatic rings. The quantitative estimate of drug-likeness (QED) is 0.433. The lowest BCUT2D eigenvalue weighted by Crippen LogP contribution is -2.57. The summed E-state index contributed by atoms with van der Waals surface area (Å²) in [6, 6.07) is 8.81. The van der Waals surface area contributed by atoms with Gasteiger partial charge in [-0.1, -0.05) is 29.0 Å². The first-order valence-electron chi connectivity index (χ1n) is 11.1. The van der Waals surface area contributed by atoms with Gasteiger partial charge in [-0.2, -0.15) is 13.2 Å². The molecule has 6 nitrogen and oxygen atoms in total. The molecule has 3 aromatic rings. The number of thiazole rings is 1. The summed E-state index contributed by atoms with van der Waals surface area (Å²) in [7, 11) is 0. The van der Waals surface area contributed by atoms with E-state index in [1.54, 1.807) is 18.2 Å². The van der Waals surface area contributed by atoms with Crippen molar-refractivity contribution in [2.75, 3.05) is 31.1 Å². The van der Waals surface area contributed by atoms with Crippen LogP contribution < -0.4 is 9.64 Å². The third-order valence-electron chi connectivity index (χ3n) is 5.94. The molecule has 1 fully saturated rings. The molecule has 0 amide bonds. The Morgan fingerprint density at radius 2 is 1.91 bits per heavy atom. The summed E-state index contributed by atoms with van der Waals surface area (Å²) in [6.07, 6.45) is -4.48. The van der Waals surface area contributed by atoms with Crippen LogP contribution in [0.3, 0.4) is 0 Å². The largest absolute Gasteiger partial charge is 0.491 e. The van der Waals surface area contributed by atoms with Gasteiger partial charge in [-0.25, -0.2) is 4.98 Å². The molecule has 1 saturated heterocycles. The van der Waals surface area contributed by atoms with Gasteiger partial charge in [0.25, 0.3) is 0 Å². The van der Waals surface area contributed by atoms with E-state index < -0.39 is 17.7 Å². The minimum atomic E-state index is -4.38. The number of hydrogen-bond donors (Lipinski definition) is 1. The molecule has 188 valence electrons. The average Bonchev–Trinajstić information content (AvgIpc) is 3.17. The van der Waals surface area contributed by atoms with Crippen LogP contribution in [0.1, 0.15) is 25.0 Å². The number of carbonyl (C=O) groups is 1. The van der Waals surface area contributed by atoms with Gasteiger partial charge in [-0.3, -0.25) is 9.69 Å². The number of hydrogen-bond acceptors (Lipinski definition) is 6. The van der Waals surface area contributed by atoms with Crippen LogP contribution in [0.4, 0.5) is 18.3 Å². The van der Waals surface area contributed by atoms with Crippen LogP contribution in [0.2, 0.25) is 5.02 Å². The van der Waals surface area contributed by atoms with E-state index in [4.69, 9.17) is 21.4 Å². The van der Waals surface area contributed by atoms with Gasteiger partial charge < -0.3 is 14.7 Å². The van der Waals surface area contributed by atoms with E-state index >= 15 is 0 Å². The molecule has 1 aromatic heterocycles. The number of piperazine rings is 1. The molecule has 35 heavy (non-hydrogen) atoms. The van der Waals surface area contributed by atoms with Crippen molar-refractivity contribution in [2.24, 2.45) is 0 Å². The smallest absolute Gasteiger partial charge is 0.416 e. The van der Waals surface area contributed by atoms with Crippen molar-refractivity contribution in [1.29, 1.82) is 0 Å². The lowest BCUT2D eigenvalue weighted by Gasteiger charge is -2.44. The Hall–Kier alpha value is -2.56. The fourth-order valence-corrected chi connectivity index (χ4v) is 5.80. The third kappa shape index (κ3) is 5.99. The third-order valence-corrected chi connectivity index (χ3v) is 7.28. The molecule has 2 aromatic carbocycles. The van der Waals surface area contributed by atoms with Crippen molar-refractivity contribution >= 4 is 44.3 Å². The molecular weight excluding hydrogens is 503 g/mol. The molecule has 4 rings (SSSR count). The maximum atomic E-state index is 13.1. The highest BCUT2D eigenvalue weighted by Gasteiger charge is 2.33. The van der Waals surface area contributed by atoms with Crippen molar-refractivity contribution in [3.05, 3.63) is 52.5 Å². The van der Waals surface area contributed by atoms with Crippen LogP contribution in [0.25, 0.3) is 10.2 Å². The summed E-state index contributed by atoms with van der Waals surface area (Å²) < 4.78 is 45.6. The highest BCUT2D eigenvalue weighted by Crippen LogP contribution is 2.37. The number of ether oxygens (including phenoxy) is 1. The van der Waals surface area contributed by atoms with Crippen LogP contribution in [0, 0.1) is 0 Å². The second-order valence-corrected chi connectivity index (χ2v) is 10.1. The fourth-order valence-electron chi connectivity index (χ4n) is 4.42. The molecule has 0 saturated carbocycles. The standard InChI is InChI=1S/C24H25ClF3N3O3S/c1-14-12-30(7-8-34-20-9-16(10-22(32)33)3-5-18(20)25)13-15(2)31(14)23-29-19-6-4-17(24(26,27)28)11-21(19)35-23/h3-6,9,11,14-15H,7-8,10,12-13H2,1-2H3,(H,32,33). The van der Waals surface area contributed by atoms with Crippen LogP contribution in [-0.2, 0) is 17.4 Å². The normalized spacial score (nSPS) is 19.3. The van der Waals surface area contributed by atoms with Gasteiger partial charge in [0.1, 0.15) is 12.4 Å². The molecule has 0 radical (unpaired) electrons. The summed E-state index contributed by atoms with van der Waals surface area (Å²) in [5.41, 5.74) is 0.515. The second-order valence-electron chi connectivity index (χ2n) is 8.73. The van der Waals surface area contributed by atoms with Crippen molar-refractivity contribution < 1.29 is 27.8 Å². The highest BCUT2D eigenvalue weighted by atomic mass is 35.5. The van der Waals surface area contributed by atoms with Gasteiger partial charge >= 0.3 is 12.1 Å². The Morgan fingerprint density at radius 3 is 2.57 bits per heavy atom.